The van der Waals surface area contributed by atoms with Gasteiger partial charge in [-0.25, -0.2) is 9.59 Å². The van der Waals surface area contributed by atoms with Gasteiger partial charge in [-0.2, -0.15) is 0 Å². The largest absolute Gasteiger partial charge is 0.478 e. The fourth-order valence-corrected chi connectivity index (χ4v) is 2.10. The first-order valence-corrected chi connectivity index (χ1v) is 8.86. The standard InChI is InChI=1S/C19H27NO7/c1-5-7-14-8-6-9-15(10-14)27-16(17(21)22)11-20-19(24)26-13(4)25-18(23)12(2)3/h6,8-10,12-13,16H,5,7,11H2,1-4H3,(H,20,24)(H,21,22)/t13-,16-/m0/s1. The molecule has 8 nitrogen and oxygen atoms in total. The third-order valence-corrected chi connectivity index (χ3v) is 3.45. The highest BCUT2D eigenvalue weighted by Crippen LogP contribution is 2.16. The molecule has 150 valence electrons. The van der Waals surface area contributed by atoms with E-state index in [0.717, 1.165) is 18.4 Å². The van der Waals surface area contributed by atoms with Crippen molar-refractivity contribution < 1.29 is 33.7 Å². The van der Waals surface area contributed by atoms with Gasteiger partial charge in [0, 0.05) is 6.92 Å². The van der Waals surface area contributed by atoms with Gasteiger partial charge in [0.25, 0.3) is 0 Å². The number of rotatable bonds is 10. The Morgan fingerprint density at radius 1 is 1.15 bits per heavy atom. The molecule has 0 saturated heterocycles. The number of hydrogen-bond donors (Lipinski definition) is 2. The molecule has 27 heavy (non-hydrogen) atoms. The smallest absolute Gasteiger partial charge is 0.410 e. The van der Waals surface area contributed by atoms with Crippen LogP contribution in [-0.2, 0) is 25.5 Å². The summed E-state index contributed by atoms with van der Waals surface area (Å²) in [5.74, 6) is -1.68. The van der Waals surface area contributed by atoms with Gasteiger partial charge in [-0.3, -0.25) is 4.79 Å². The molecule has 0 saturated carbocycles. The molecule has 0 unspecified atom stereocenters. The van der Waals surface area contributed by atoms with Crippen LogP contribution in [0.15, 0.2) is 24.3 Å². The zero-order valence-corrected chi connectivity index (χ0v) is 16.1. The molecule has 0 radical (unpaired) electrons. The van der Waals surface area contributed by atoms with Gasteiger partial charge in [0.1, 0.15) is 5.75 Å². The van der Waals surface area contributed by atoms with E-state index in [1.807, 2.05) is 13.0 Å². The maximum atomic E-state index is 11.8. The summed E-state index contributed by atoms with van der Waals surface area (Å²) >= 11 is 0. The SMILES string of the molecule is CCCc1cccc(O[C@@H](CNC(=O)O[C@@H](C)OC(=O)C(C)C)C(=O)O)c1. The number of nitrogens with one attached hydrogen (secondary N) is 1. The number of carbonyl (C=O) groups is 3. The molecule has 1 amide bonds. The Morgan fingerprint density at radius 3 is 2.44 bits per heavy atom. The van der Waals surface area contributed by atoms with Crippen molar-refractivity contribution in [2.45, 2.75) is 52.9 Å². The number of esters is 1. The highest BCUT2D eigenvalue weighted by atomic mass is 16.7. The van der Waals surface area contributed by atoms with E-state index in [1.165, 1.54) is 6.92 Å². The average Bonchev–Trinajstić information content (AvgIpc) is 2.58. The number of carbonyl (C=O) groups excluding carboxylic acids is 2. The summed E-state index contributed by atoms with van der Waals surface area (Å²) in [5.41, 5.74) is 1.03. The Kier molecular flexibility index (Phi) is 9.12. The summed E-state index contributed by atoms with van der Waals surface area (Å²) < 4.78 is 15.2. The third kappa shape index (κ3) is 8.44. The van der Waals surface area contributed by atoms with Crippen LogP contribution in [0.3, 0.4) is 0 Å². The van der Waals surface area contributed by atoms with Crippen LogP contribution in [0.4, 0.5) is 4.79 Å². The van der Waals surface area contributed by atoms with Crippen molar-refractivity contribution in [2.75, 3.05) is 6.54 Å². The zero-order chi connectivity index (χ0) is 20.4. The van der Waals surface area contributed by atoms with Crippen molar-refractivity contribution in [2.24, 2.45) is 5.92 Å². The predicted octanol–water partition coefficient (Wildman–Crippen LogP) is 2.74. The number of amides is 1. The number of ether oxygens (including phenoxy) is 3. The lowest BCUT2D eigenvalue weighted by molar-refractivity contribution is -0.168. The Balaban J connectivity index is 2.55. The fraction of sp³-hybridized carbons (Fsp3) is 0.526. The van der Waals surface area contributed by atoms with Crippen LogP contribution in [0.1, 0.15) is 39.7 Å². The molecule has 0 aliphatic carbocycles. The normalized spacial score (nSPS) is 12.8. The Labute approximate surface area is 158 Å². The van der Waals surface area contributed by atoms with E-state index in [9.17, 15) is 19.5 Å². The van der Waals surface area contributed by atoms with E-state index < -0.39 is 30.4 Å². The number of carboxylic acid groups (broad SMARTS) is 1. The second-order valence-electron chi connectivity index (χ2n) is 6.29. The summed E-state index contributed by atoms with van der Waals surface area (Å²) in [7, 11) is 0. The topological polar surface area (TPSA) is 111 Å². The number of hydrogen-bond acceptors (Lipinski definition) is 6. The highest BCUT2D eigenvalue weighted by molar-refractivity contribution is 5.75. The molecule has 1 aromatic carbocycles. The van der Waals surface area contributed by atoms with Gasteiger partial charge in [-0.1, -0.05) is 39.3 Å². The van der Waals surface area contributed by atoms with Crippen molar-refractivity contribution in [3.63, 3.8) is 0 Å². The van der Waals surface area contributed by atoms with Crippen LogP contribution in [-0.4, -0.2) is 42.1 Å². The fourth-order valence-electron chi connectivity index (χ4n) is 2.10. The van der Waals surface area contributed by atoms with Crippen LogP contribution in [0, 0.1) is 5.92 Å². The second kappa shape index (κ2) is 11.1. The van der Waals surface area contributed by atoms with Crippen LogP contribution in [0.5, 0.6) is 5.75 Å². The van der Waals surface area contributed by atoms with Crippen molar-refractivity contribution in [3.8, 4) is 5.75 Å². The van der Waals surface area contributed by atoms with Gasteiger partial charge in [-0.05, 0) is 24.1 Å². The summed E-state index contributed by atoms with van der Waals surface area (Å²) in [6.45, 7) is 6.43. The second-order valence-corrected chi connectivity index (χ2v) is 6.29. The molecule has 0 bridgehead atoms. The minimum atomic E-state index is -1.29. The molecule has 0 spiro atoms. The summed E-state index contributed by atoms with van der Waals surface area (Å²) in [6.07, 6.45) is -1.47. The maximum absolute atomic E-state index is 11.8. The maximum Gasteiger partial charge on any atom is 0.410 e. The van der Waals surface area contributed by atoms with Crippen LogP contribution in [0.2, 0.25) is 0 Å². The average molecular weight is 381 g/mol. The lowest BCUT2D eigenvalue weighted by Crippen LogP contribution is -2.41. The molecular formula is C19H27NO7. The van der Waals surface area contributed by atoms with E-state index in [0.29, 0.717) is 5.75 Å². The Morgan fingerprint density at radius 2 is 1.85 bits per heavy atom. The lowest BCUT2D eigenvalue weighted by atomic mass is 10.1. The van der Waals surface area contributed by atoms with Gasteiger partial charge in [0.2, 0.25) is 12.4 Å². The van der Waals surface area contributed by atoms with E-state index in [1.54, 1.807) is 32.0 Å². The van der Waals surface area contributed by atoms with Crippen molar-refractivity contribution in [3.05, 3.63) is 29.8 Å². The van der Waals surface area contributed by atoms with Crippen LogP contribution >= 0.6 is 0 Å². The van der Waals surface area contributed by atoms with Gasteiger partial charge >= 0.3 is 18.0 Å². The van der Waals surface area contributed by atoms with Crippen molar-refractivity contribution in [1.29, 1.82) is 0 Å². The van der Waals surface area contributed by atoms with E-state index in [2.05, 4.69) is 5.32 Å². The van der Waals surface area contributed by atoms with E-state index >= 15 is 0 Å². The quantitative estimate of drug-likeness (QED) is 0.473. The van der Waals surface area contributed by atoms with Gasteiger partial charge in [0.05, 0.1) is 12.5 Å². The van der Waals surface area contributed by atoms with E-state index in [-0.39, 0.29) is 12.5 Å². The van der Waals surface area contributed by atoms with Gasteiger partial charge in [-0.15, -0.1) is 0 Å². The highest BCUT2D eigenvalue weighted by Gasteiger charge is 2.22. The predicted molar refractivity (Wildman–Crippen MR) is 97.4 cm³/mol. The van der Waals surface area contributed by atoms with Crippen LogP contribution < -0.4 is 10.1 Å². The van der Waals surface area contributed by atoms with Gasteiger partial charge < -0.3 is 24.6 Å². The summed E-state index contributed by atoms with van der Waals surface area (Å²) in [5, 5.41) is 11.6. The van der Waals surface area contributed by atoms with Crippen molar-refractivity contribution >= 4 is 18.0 Å². The first-order valence-electron chi connectivity index (χ1n) is 8.86. The van der Waals surface area contributed by atoms with Crippen LogP contribution in [0.25, 0.3) is 0 Å². The van der Waals surface area contributed by atoms with E-state index in [4.69, 9.17) is 14.2 Å². The molecule has 0 aliphatic heterocycles. The number of benzene rings is 1. The minimum absolute atomic E-state index is 0.309. The third-order valence-electron chi connectivity index (χ3n) is 3.45. The number of aliphatic carboxylic acids is 1. The first kappa shape index (κ1) is 22.3. The Bertz CT molecular complexity index is 645. The number of carboxylic acids is 1. The molecule has 1 aromatic rings. The molecule has 0 fully saturated rings. The number of aryl methyl sites for hydroxylation is 1. The zero-order valence-electron chi connectivity index (χ0n) is 16.1. The molecule has 0 aliphatic rings. The molecule has 8 heteroatoms. The number of alkyl carbamates (subject to hydrolysis) is 1. The lowest BCUT2D eigenvalue weighted by Gasteiger charge is -2.18. The summed E-state index contributed by atoms with van der Waals surface area (Å²) in [6, 6.07) is 7.14. The molecule has 1 rings (SSSR count). The molecule has 0 heterocycles. The molecule has 2 N–H and O–H groups in total. The molecule has 2 atom stereocenters. The molecular weight excluding hydrogens is 354 g/mol. The first-order chi connectivity index (χ1) is 12.7. The monoisotopic (exact) mass is 381 g/mol. The van der Waals surface area contributed by atoms with Gasteiger partial charge in [0.15, 0.2) is 0 Å². The minimum Gasteiger partial charge on any atom is -0.478 e. The van der Waals surface area contributed by atoms with Crippen molar-refractivity contribution in [1.82, 2.24) is 5.32 Å². The Hall–Kier alpha value is -2.77. The summed E-state index contributed by atoms with van der Waals surface area (Å²) in [4.78, 5) is 34.6. The molecule has 0 aromatic heterocycles.